The minimum absolute atomic E-state index is 0.0540. The molecule has 1 saturated carbocycles. The van der Waals surface area contributed by atoms with Crippen LogP contribution in [-0.4, -0.2) is 57.7 Å². The van der Waals surface area contributed by atoms with E-state index >= 15 is 0 Å². The molecule has 0 spiro atoms. The van der Waals surface area contributed by atoms with Crippen molar-refractivity contribution in [2.24, 2.45) is 10.9 Å². The van der Waals surface area contributed by atoms with Gasteiger partial charge < -0.3 is 9.64 Å². The van der Waals surface area contributed by atoms with Gasteiger partial charge in [-0.1, -0.05) is 30.3 Å². The number of ether oxygens (including phenoxy) is 1. The van der Waals surface area contributed by atoms with Crippen LogP contribution in [0.1, 0.15) is 49.1 Å². The van der Waals surface area contributed by atoms with Gasteiger partial charge >= 0.3 is 0 Å². The summed E-state index contributed by atoms with van der Waals surface area (Å²) in [7, 11) is -3.29. The zero-order valence-corrected chi connectivity index (χ0v) is 20.6. The number of nitrogens with zero attached hydrogens (tertiary/aromatic N) is 3. The number of piperidine rings is 1. The highest BCUT2D eigenvalue weighted by atomic mass is 32.2. The first kappa shape index (κ1) is 23.5. The molecule has 8 heteroatoms. The highest BCUT2D eigenvalue weighted by molar-refractivity contribution is 7.88. The van der Waals surface area contributed by atoms with Crippen LogP contribution in [0.3, 0.4) is 0 Å². The van der Waals surface area contributed by atoms with E-state index in [0.717, 1.165) is 56.6 Å². The van der Waals surface area contributed by atoms with Gasteiger partial charge in [0.05, 0.1) is 19.0 Å². The molecule has 182 valence electrons. The normalized spacial score (nSPS) is 27.0. The Kier molecular flexibility index (Phi) is 6.99. The first-order chi connectivity index (χ1) is 16.5. The monoisotopic (exact) mass is 482 g/mol. The summed E-state index contributed by atoms with van der Waals surface area (Å²) in [4.78, 5) is 11.4. The van der Waals surface area contributed by atoms with E-state index < -0.39 is 10.0 Å². The maximum absolute atomic E-state index is 12.0. The van der Waals surface area contributed by atoms with E-state index in [0.29, 0.717) is 19.1 Å². The fraction of sp³-hybridized carbons (Fsp3) is 0.538. The smallest absolute Gasteiger partial charge is 0.208 e. The Balaban J connectivity index is 1.23. The van der Waals surface area contributed by atoms with Gasteiger partial charge in [0.15, 0.2) is 5.82 Å². The standard InChI is InChI=1S/C26H34N4O3S/c1-34(31,32)29-24-13-16-30(26-25-21(11-14-27-25)12-15-28-26)17-22(24)18-33-23-9-7-20(8-10-23)19-5-3-2-4-6-19/h2-6,12,14-15,20,22-24,29H,7-11,13,16-18H2,1H3/t20-,22-,23+,24-/m0/s1. The van der Waals surface area contributed by atoms with E-state index in [9.17, 15) is 8.42 Å². The van der Waals surface area contributed by atoms with Crippen molar-refractivity contribution in [3.63, 3.8) is 0 Å². The van der Waals surface area contributed by atoms with Crippen LogP contribution in [0.25, 0.3) is 0 Å². The molecule has 5 rings (SSSR count). The second-order valence-corrected chi connectivity index (χ2v) is 11.6. The molecular weight excluding hydrogens is 448 g/mol. The summed E-state index contributed by atoms with van der Waals surface area (Å²) in [5, 5.41) is 0. The van der Waals surface area contributed by atoms with Gasteiger partial charge in [-0.2, -0.15) is 0 Å². The minimum atomic E-state index is -3.29. The second kappa shape index (κ2) is 10.1. The number of aliphatic imine (C=N–C) groups is 1. The average molecular weight is 483 g/mol. The molecule has 2 aromatic rings. The molecule has 1 saturated heterocycles. The van der Waals surface area contributed by atoms with E-state index in [4.69, 9.17) is 4.74 Å². The molecular formula is C26H34N4O3S. The van der Waals surface area contributed by atoms with E-state index in [1.165, 1.54) is 17.4 Å². The molecule has 2 aliphatic heterocycles. The molecule has 3 aliphatic rings. The lowest BCUT2D eigenvalue weighted by Gasteiger charge is -2.40. The van der Waals surface area contributed by atoms with Crippen LogP contribution >= 0.6 is 0 Å². The van der Waals surface area contributed by atoms with Crippen molar-refractivity contribution in [3.05, 3.63) is 53.7 Å². The van der Waals surface area contributed by atoms with Crippen LogP contribution in [0.4, 0.5) is 11.5 Å². The molecule has 34 heavy (non-hydrogen) atoms. The Morgan fingerprint density at radius 2 is 1.88 bits per heavy atom. The van der Waals surface area contributed by atoms with Crippen LogP contribution < -0.4 is 9.62 Å². The number of anilines is 1. The first-order valence-corrected chi connectivity index (χ1v) is 14.2. The molecule has 1 N–H and O–H groups in total. The van der Waals surface area contributed by atoms with Gasteiger partial charge in [-0.25, -0.2) is 18.1 Å². The number of benzene rings is 1. The topological polar surface area (TPSA) is 83.9 Å². The molecule has 1 aliphatic carbocycles. The van der Waals surface area contributed by atoms with E-state index in [2.05, 4.69) is 49.9 Å². The van der Waals surface area contributed by atoms with Crippen LogP contribution in [0.5, 0.6) is 0 Å². The summed E-state index contributed by atoms with van der Waals surface area (Å²) in [6.45, 7) is 1.99. The van der Waals surface area contributed by atoms with Crippen LogP contribution in [-0.2, 0) is 21.2 Å². The van der Waals surface area contributed by atoms with Crippen molar-refractivity contribution in [1.82, 2.24) is 9.71 Å². The third-order valence-corrected chi connectivity index (χ3v) is 8.14. The van der Waals surface area contributed by atoms with E-state index in [1.54, 1.807) is 0 Å². The zero-order valence-electron chi connectivity index (χ0n) is 19.8. The number of nitrogens with one attached hydrogen (secondary N) is 1. The maximum atomic E-state index is 12.0. The maximum Gasteiger partial charge on any atom is 0.208 e. The van der Waals surface area contributed by atoms with Crippen LogP contribution in [0, 0.1) is 5.92 Å². The second-order valence-electron chi connectivity index (χ2n) is 9.87. The minimum Gasteiger partial charge on any atom is -0.378 e. The van der Waals surface area contributed by atoms with Crippen molar-refractivity contribution in [2.75, 3.05) is 30.9 Å². The number of hydrogen-bond donors (Lipinski definition) is 1. The summed E-state index contributed by atoms with van der Waals surface area (Å²) >= 11 is 0. The third-order valence-electron chi connectivity index (χ3n) is 7.41. The molecule has 3 heterocycles. The van der Waals surface area contributed by atoms with Gasteiger partial charge in [-0.05, 0) is 55.2 Å². The Morgan fingerprint density at radius 1 is 1.09 bits per heavy atom. The highest BCUT2D eigenvalue weighted by Gasteiger charge is 2.34. The predicted molar refractivity (Wildman–Crippen MR) is 136 cm³/mol. The SMILES string of the molecule is CS(=O)(=O)N[C@H]1CCN(c2nccc3c2N=CC3)C[C@H]1CO[C@H]1CC[C@@H](c2ccccc2)CC1. The number of hydrogen-bond acceptors (Lipinski definition) is 6. The lowest BCUT2D eigenvalue weighted by atomic mass is 9.82. The fourth-order valence-corrected chi connectivity index (χ4v) is 6.49. The van der Waals surface area contributed by atoms with Crippen LogP contribution in [0.15, 0.2) is 47.6 Å². The Morgan fingerprint density at radius 3 is 2.65 bits per heavy atom. The number of aromatic nitrogens is 1. The Hall–Kier alpha value is -2.29. The largest absolute Gasteiger partial charge is 0.378 e. The summed E-state index contributed by atoms with van der Waals surface area (Å²) in [5.74, 6) is 1.56. The summed E-state index contributed by atoms with van der Waals surface area (Å²) < 4.78 is 33.3. The predicted octanol–water partition coefficient (Wildman–Crippen LogP) is 3.83. The summed E-state index contributed by atoms with van der Waals surface area (Å²) in [5.41, 5.74) is 3.58. The number of fused-ring (bicyclic) bond motifs is 1. The van der Waals surface area contributed by atoms with E-state index in [1.807, 2.05) is 18.5 Å². The summed E-state index contributed by atoms with van der Waals surface area (Å²) in [6.07, 6.45) is 11.2. The van der Waals surface area contributed by atoms with Crippen LogP contribution in [0.2, 0.25) is 0 Å². The van der Waals surface area contributed by atoms with Crippen molar-refractivity contribution >= 4 is 27.7 Å². The highest BCUT2D eigenvalue weighted by Crippen LogP contribution is 2.37. The molecule has 1 aromatic heterocycles. The van der Waals surface area contributed by atoms with Crippen molar-refractivity contribution in [2.45, 2.75) is 56.6 Å². The molecule has 2 atom stereocenters. The van der Waals surface area contributed by atoms with Gasteiger partial charge in [0, 0.05) is 43.9 Å². The molecule has 2 fully saturated rings. The van der Waals surface area contributed by atoms with Gasteiger partial charge in [0.1, 0.15) is 5.69 Å². The Labute approximate surface area is 202 Å². The van der Waals surface area contributed by atoms with E-state index in [-0.39, 0.29) is 18.1 Å². The Bertz CT molecular complexity index is 1110. The van der Waals surface area contributed by atoms with Crippen molar-refractivity contribution in [1.29, 1.82) is 0 Å². The lowest BCUT2D eigenvalue weighted by molar-refractivity contribution is -0.00213. The average Bonchev–Trinajstić information content (AvgIpc) is 3.33. The van der Waals surface area contributed by atoms with Gasteiger partial charge in [-0.15, -0.1) is 0 Å². The molecule has 0 unspecified atom stereocenters. The molecule has 0 radical (unpaired) electrons. The number of pyridine rings is 1. The van der Waals surface area contributed by atoms with Crippen molar-refractivity contribution in [3.8, 4) is 0 Å². The molecule has 1 aromatic carbocycles. The third kappa shape index (κ3) is 5.50. The fourth-order valence-electron chi connectivity index (χ4n) is 5.62. The molecule has 7 nitrogen and oxygen atoms in total. The van der Waals surface area contributed by atoms with Gasteiger partial charge in [-0.3, -0.25) is 4.99 Å². The quantitative estimate of drug-likeness (QED) is 0.649. The van der Waals surface area contributed by atoms with Gasteiger partial charge in [0.2, 0.25) is 10.0 Å². The van der Waals surface area contributed by atoms with Gasteiger partial charge in [0.25, 0.3) is 0 Å². The lowest BCUT2D eigenvalue weighted by Crippen LogP contribution is -2.52. The zero-order chi connectivity index (χ0) is 23.5. The molecule has 0 bridgehead atoms. The first-order valence-electron chi connectivity index (χ1n) is 12.4. The van der Waals surface area contributed by atoms with Crippen molar-refractivity contribution < 1.29 is 13.2 Å². The summed E-state index contributed by atoms with van der Waals surface area (Å²) in [6, 6.07) is 12.6. The molecule has 0 amide bonds. The number of sulfonamides is 1. The number of rotatable bonds is 7.